The van der Waals surface area contributed by atoms with E-state index >= 15 is 0 Å². The molecule has 1 fully saturated rings. The van der Waals surface area contributed by atoms with Crippen molar-refractivity contribution < 1.29 is 19.1 Å². The topological polar surface area (TPSA) is 68.2 Å². The molecular weight excluding hydrogens is 388 g/mol. The molecule has 1 aliphatic rings. The van der Waals surface area contributed by atoms with E-state index in [0.717, 1.165) is 11.3 Å². The number of carbonyl (C=O) groups excluding carboxylic acids is 2. The molecule has 1 amide bonds. The van der Waals surface area contributed by atoms with Gasteiger partial charge in [-0.1, -0.05) is 12.1 Å². The lowest BCUT2D eigenvalue weighted by atomic mass is 10.2. The van der Waals surface area contributed by atoms with Crippen molar-refractivity contribution in [3.63, 3.8) is 0 Å². The van der Waals surface area contributed by atoms with Gasteiger partial charge in [0.15, 0.2) is 5.17 Å². The molecule has 1 aliphatic heterocycles. The Bertz CT molecular complexity index is 967. The Morgan fingerprint density at radius 1 is 1.17 bits per heavy atom. The Labute approximate surface area is 174 Å². The predicted molar refractivity (Wildman–Crippen MR) is 115 cm³/mol. The summed E-state index contributed by atoms with van der Waals surface area (Å²) in [7, 11) is 1.34. The van der Waals surface area contributed by atoms with E-state index in [0.29, 0.717) is 34.5 Å². The summed E-state index contributed by atoms with van der Waals surface area (Å²) in [6.45, 7) is 4.94. The van der Waals surface area contributed by atoms with Crippen LogP contribution in [0.1, 0.15) is 29.8 Å². The van der Waals surface area contributed by atoms with Crippen LogP contribution < -0.4 is 4.74 Å². The highest BCUT2D eigenvalue weighted by molar-refractivity contribution is 8.18. The SMILES string of the molecule is CCOc1cccc(/C=C2\SC(=Nc3ccc(C(=O)OC)cc3)N(CC)C2=O)c1. The summed E-state index contributed by atoms with van der Waals surface area (Å²) < 4.78 is 10.2. The average molecular weight is 410 g/mol. The minimum Gasteiger partial charge on any atom is -0.494 e. The van der Waals surface area contributed by atoms with Crippen molar-refractivity contribution in [2.75, 3.05) is 20.3 Å². The molecule has 6 nitrogen and oxygen atoms in total. The zero-order valence-electron chi connectivity index (χ0n) is 16.5. The summed E-state index contributed by atoms with van der Waals surface area (Å²) in [4.78, 5) is 31.2. The second-order valence-electron chi connectivity index (χ2n) is 6.10. The largest absolute Gasteiger partial charge is 0.494 e. The number of esters is 1. The monoisotopic (exact) mass is 410 g/mol. The Kier molecular flexibility index (Phi) is 6.72. The Morgan fingerprint density at radius 3 is 2.59 bits per heavy atom. The van der Waals surface area contributed by atoms with E-state index in [1.165, 1.54) is 18.9 Å². The molecular formula is C22H22N2O4S. The number of aliphatic imine (C=N–C) groups is 1. The Hall–Kier alpha value is -3.06. The normalized spacial score (nSPS) is 16.5. The fraction of sp³-hybridized carbons (Fsp3) is 0.227. The molecule has 0 aliphatic carbocycles. The number of methoxy groups -OCH3 is 1. The van der Waals surface area contributed by atoms with Crippen LogP contribution in [-0.2, 0) is 9.53 Å². The van der Waals surface area contributed by atoms with Crippen LogP contribution in [0.3, 0.4) is 0 Å². The van der Waals surface area contributed by atoms with E-state index in [1.54, 1.807) is 29.2 Å². The molecule has 1 heterocycles. The second-order valence-corrected chi connectivity index (χ2v) is 7.11. The zero-order valence-corrected chi connectivity index (χ0v) is 17.4. The summed E-state index contributed by atoms with van der Waals surface area (Å²) in [6, 6.07) is 14.4. The number of amides is 1. The quantitative estimate of drug-likeness (QED) is 0.518. The minimum atomic E-state index is -0.399. The molecule has 7 heteroatoms. The van der Waals surface area contributed by atoms with Gasteiger partial charge in [-0.15, -0.1) is 0 Å². The van der Waals surface area contributed by atoms with Gasteiger partial charge in [0.1, 0.15) is 5.75 Å². The van der Waals surface area contributed by atoms with Crippen LogP contribution >= 0.6 is 11.8 Å². The fourth-order valence-corrected chi connectivity index (χ4v) is 3.85. The zero-order chi connectivity index (χ0) is 20.8. The maximum atomic E-state index is 12.8. The third-order valence-corrected chi connectivity index (χ3v) is 5.19. The lowest BCUT2D eigenvalue weighted by Crippen LogP contribution is -2.28. The van der Waals surface area contributed by atoms with Gasteiger partial charge >= 0.3 is 5.97 Å². The molecule has 3 rings (SSSR count). The van der Waals surface area contributed by atoms with Crippen molar-refractivity contribution in [1.82, 2.24) is 4.90 Å². The standard InChI is InChI=1S/C22H22N2O4S/c1-4-24-20(25)19(14-15-7-6-8-18(13-15)28-5-2)29-22(24)23-17-11-9-16(10-12-17)21(26)27-3/h6-14H,4-5H2,1-3H3/b19-14-,23-22?. The van der Waals surface area contributed by atoms with Crippen molar-refractivity contribution in [3.8, 4) is 5.75 Å². The molecule has 0 aromatic heterocycles. The predicted octanol–water partition coefficient (Wildman–Crippen LogP) is 4.50. The van der Waals surface area contributed by atoms with Gasteiger partial charge in [-0.25, -0.2) is 9.79 Å². The maximum Gasteiger partial charge on any atom is 0.337 e. The van der Waals surface area contributed by atoms with E-state index in [-0.39, 0.29) is 5.91 Å². The summed E-state index contributed by atoms with van der Waals surface area (Å²) in [5, 5.41) is 0.607. The van der Waals surface area contributed by atoms with Crippen molar-refractivity contribution in [3.05, 3.63) is 64.6 Å². The number of likely N-dealkylation sites (N-methyl/N-ethyl adjacent to an activating group) is 1. The number of hydrogen-bond acceptors (Lipinski definition) is 6. The van der Waals surface area contributed by atoms with Crippen LogP contribution in [0.2, 0.25) is 0 Å². The Morgan fingerprint density at radius 2 is 1.93 bits per heavy atom. The van der Waals surface area contributed by atoms with Gasteiger partial charge in [-0.3, -0.25) is 9.69 Å². The van der Waals surface area contributed by atoms with Gasteiger partial charge in [0.05, 0.1) is 29.9 Å². The molecule has 0 N–H and O–H groups in total. The number of nitrogens with zero attached hydrogens (tertiary/aromatic N) is 2. The lowest BCUT2D eigenvalue weighted by Gasteiger charge is -2.12. The highest BCUT2D eigenvalue weighted by Gasteiger charge is 2.32. The first-order chi connectivity index (χ1) is 14.0. The molecule has 0 saturated carbocycles. The van der Waals surface area contributed by atoms with Crippen molar-refractivity contribution in [2.45, 2.75) is 13.8 Å². The number of amidine groups is 1. The van der Waals surface area contributed by atoms with Gasteiger partial charge in [-0.05, 0) is 73.6 Å². The number of benzene rings is 2. The first-order valence-electron chi connectivity index (χ1n) is 9.27. The van der Waals surface area contributed by atoms with Gasteiger partial charge in [0.25, 0.3) is 5.91 Å². The van der Waals surface area contributed by atoms with Crippen molar-refractivity contribution in [1.29, 1.82) is 0 Å². The first-order valence-corrected chi connectivity index (χ1v) is 10.1. The molecule has 0 radical (unpaired) electrons. The molecule has 29 heavy (non-hydrogen) atoms. The number of hydrogen-bond donors (Lipinski definition) is 0. The van der Waals surface area contributed by atoms with Gasteiger partial charge in [0, 0.05) is 6.54 Å². The van der Waals surface area contributed by atoms with Gasteiger partial charge < -0.3 is 9.47 Å². The summed E-state index contributed by atoms with van der Waals surface area (Å²) in [5.74, 6) is 0.290. The summed E-state index contributed by atoms with van der Waals surface area (Å²) in [6.07, 6.45) is 1.85. The molecule has 2 aromatic carbocycles. The van der Waals surface area contributed by atoms with Crippen LogP contribution in [0.25, 0.3) is 6.08 Å². The van der Waals surface area contributed by atoms with E-state index < -0.39 is 5.97 Å². The van der Waals surface area contributed by atoms with Crippen LogP contribution in [0.5, 0.6) is 5.75 Å². The molecule has 0 unspecified atom stereocenters. The van der Waals surface area contributed by atoms with Gasteiger partial charge in [0.2, 0.25) is 0 Å². The molecule has 0 bridgehead atoms. The van der Waals surface area contributed by atoms with Crippen molar-refractivity contribution >= 4 is 40.6 Å². The van der Waals surface area contributed by atoms with Crippen molar-refractivity contribution in [2.24, 2.45) is 4.99 Å². The lowest BCUT2D eigenvalue weighted by molar-refractivity contribution is -0.122. The smallest absolute Gasteiger partial charge is 0.337 e. The third-order valence-electron chi connectivity index (χ3n) is 4.18. The van der Waals surface area contributed by atoms with E-state index in [1.807, 2.05) is 44.2 Å². The first kappa shape index (κ1) is 20.7. The fourth-order valence-electron chi connectivity index (χ4n) is 2.78. The second kappa shape index (κ2) is 9.43. The van der Waals surface area contributed by atoms with Gasteiger partial charge in [-0.2, -0.15) is 0 Å². The molecule has 0 atom stereocenters. The summed E-state index contributed by atoms with van der Waals surface area (Å²) in [5.41, 5.74) is 2.01. The summed E-state index contributed by atoms with van der Waals surface area (Å²) >= 11 is 1.33. The molecule has 2 aromatic rings. The molecule has 150 valence electrons. The minimum absolute atomic E-state index is 0.0794. The van der Waals surface area contributed by atoms with Crippen LogP contribution in [0.15, 0.2) is 58.4 Å². The Balaban J connectivity index is 1.86. The van der Waals surface area contributed by atoms with Crippen LogP contribution in [0, 0.1) is 0 Å². The van der Waals surface area contributed by atoms with E-state index in [2.05, 4.69) is 4.99 Å². The van der Waals surface area contributed by atoms with Crippen LogP contribution in [-0.4, -0.2) is 42.2 Å². The number of thioether (sulfide) groups is 1. The third kappa shape index (κ3) is 4.86. The molecule has 1 saturated heterocycles. The highest BCUT2D eigenvalue weighted by Crippen LogP contribution is 2.34. The van der Waals surface area contributed by atoms with E-state index in [4.69, 9.17) is 9.47 Å². The maximum absolute atomic E-state index is 12.8. The number of rotatable bonds is 6. The highest BCUT2D eigenvalue weighted by atomic mass is 32.2. The number of carbonyl (C=O) groups is 2. The molecule has 0 spiro atoms. The number of ether oxygens (including phenoxy) is 2. The van der Waals surface area contributed by atoms with E-state index in [9.17, 15) is 9.59 Å². The van der Waals surface area contributed by atoms with Crippen LogP contribution in [0.4, 0.5) is 5.69 Å². The average Bonchev–Trinajstić information content (AvgIpc) is 3.02.